The zero-order valence-electron chi connectivity index (χ0n) is 15.3. The minimum Gasteiger partial charge on any atom is -0.356 e. The Balaban J connectivity index is 1.62. The zero-order chi connectivity index (χ0) is 18.1. The first-order valence-electron chi connectivity index (χ1n) is 8.77. The van der Waals surface area contributed by atoms with Crippen LogP contribution in [0.2, 0.25) is 0 Å². The van der Waals surface area contributed by atoms with Crippen LogP contribution in [-0.2, 0) is 13.0 Å². The molecule has 2 aromatic rings. The summed E-state index contributed by atoms with van der Waals surface area (Å²) in [4.78, 5) is 8.46. The normalized spacial score (nSPS) is 11.6. The van der Waals surface area contributed by atoms with Gasteiger partial charge in [0.2, 0.25) is 0 Å². The third-order valence-corrected chi connectivity index (χ3v) is 4.26. The number of hydrogen-bond donors (Lipinski definition) is 2. The van der Waals surface area contributed by atoms with Crippen LogP contribution < -0.4 is 10.6 Å². The number of imidazole rings is 1. The van der Waals surface area contributed by atoms with Crippen LogP contribution >= 0.6 is 0 Å². The van der Waals surface area contributed by atoms with Gasteiger partial charge in [-0.05, 0) is 56.4 Å². The van der Waals surface area contributed by atoms with Gasteiger partial charge in [-0.25, -0.2) is 9.37 Å². The minimum absolute atomic E-state index is 0.183. The van der Waals surface area contributed by atoms with Crippen LogP contribution in [0, 0.1) is 19.7 Å². The molecule has 1 aromatic heterocycles. The van der Waals surface area contributed by atoms with Gasteiger partial charge < -0.3 is 15.2 Å². The van der Waals surface area contributed by atoms with E-state index in [1.165, 1.54) is 6.07 Å². The average Bonchev–Trinajstić information content (AvgIpc) is 3.00. The molecule has 0 saturated heterocycles. The molecule has 0 saturated carbocycles. The predicted octanol–water partition coefficient (Wildman–Crippen LogP) is 2.83. The number of rotatable bonds is 8. The van der Waals surface area contributed by atoms with E-state index >= 15 is 0 Å². The summed E-state index contributed by atoms with van der Waals surface area (Å²) in [7, 11) is 1.77. The molecule has 6 heteroatoms. The Morgan fingerprint density at radius 2 is 2.00 bits per heavy atom. The third-order valence-electron chi connectivity index (χ3n) is 4.26. The lowest BCUT2D eigenvalue weighted by atomic mass is 10.1. The Bertz CT molecular complexity index is 693. The highest BCUT2D eigenvalue weighted by Gasteiger charge is 2.02. The average molecular weight is 345 g/mol. The van der Waals surface area contributed by atoms with Crippen LogP contribution in [0.3, 0.4) is 0 Å². The summed E-state index contributed by atoms with van der Waals surface area (Å²) >= 11 is 0. The van der Waals surface area contributed by atoms with Crippen molar-refractivity contribution >= 4 is 5.96 Å². The number of aryl methyl sites for hydroxylation is 3. The highest BCUT2D eigenvalue weighted by Crippen LogP contribution is 2.10. The first kappa shape index (κ1) is 19.0. The van der Waals surface area contributed by atoms with Gasteiger partial charge in [0.05, 0.1) is 0 Å². The molecule has 0 aliphatic rings. The van der Waals surface area contributed by atoms with Crippen molar-refractivity contribution in [1.29, 1.82) is 0 Å². The summed E-state index contributed by atoms with van der Waals surface area (Å²) < 4.78 is 15.3. The van der Waals surface area contributed by atoms with Gasteiger partial charge >= 0.3 is 0 Å². The summed E-state index contributed by atoms with van der Waals surface area (Å²) in [5, 5.41) is 6.63. The zero-order valence-corrected chi connectivity index (χ0v) is 15.3. The molecule has 0 atom stereocenters. The highest BCUT2D eigenvalue weighted by molar-refractivity contribution is 5.79. The van der Waals surface area contributed by atoms with Gasteiger partial charge in [-0.1, -0.05) is 6.07 Å². The number of guanidine groups is 1. The summed E-state index contributed by atoms with van der Waals surface area (Å²) in [6.07, 6.45) is 6.85. The summed E-state index contributed by atoms with van der Waals surface area (Å²) in [5.41, 5.74) is 2.14. The maximum Gasteiger partial charge on any atom is 0.190 e. The van der Waals surface area contributed by atoms with Gasteiger partial charge in [0.1, 0.15) is 11.6 Å². The maximum absolute atomic E-state index is 13.1. The van der Waals surface area contributed by atoms with Gasteiger partial charge in [-0.2, -0.15) is 0 Å². The van der Waals surface area contributed by atoms with Crippen molar-refractivity contribution in [3.63, 3.8) is 0 Å². The van der Waals surface area contributed by atoms with Gasteiger partial charge in [0, 0.05) is 39.1 Å². The molecule has 0 bridgehead atoms. The summed E-state index contributed by atoms with van der Waals surface area (Å²) in [6, 6.07) is 4.93. The Morgan fingerprint density at radius 1 is 1.20 bits per heavy atom. The topological polar surface area (TPSA) is 54.2 Å². The van der Waals surface area contributed by atoms with Gasteiger partial charge in [-0.15, -0.1) is 0 Å². The van der Waals surface area contributed by atoms with Crippen molar-refractivity contribution in [2.45, 2.75) is 39.7 Å². The molecule has 0 amide bonds. The van der Waals surface area contributed by atoms with Crippen LogP contribution in [0.15, 0.2) is 35.6 Å². The number of unbranched alkanes of at least 4 members (excludes halogenated alkanes) is 1. The molecule has 0 aliphatic carbocycles. The smallest absolute Gasteiger partial charge is 0.190 e. The van der Waals surface area contributed by atoms with E-state index in [1.807, 2.05) is 32.3 Å². The second kappa shape index (κ2) is 9.81. The molecule has 2 rings (SSSR count). The molecule has 5 nitrogen and oxygen atoms in total. The van der Waals surface area contributed by atoms with Crippen LogP contribution in [0.5, 0.6) is 0 Å². The molecule has 2 N–H and O–H groups in total. The fraction of sp³-hybridized carbons (Fsp3) is 0.474. The molecular weight excluding hydrogens is 317 g/mol. The third kappa shape index (κ3) is 6.21. The largest absolute Gasteiger partial charge is 0.356 e. The van der Waals surface area contributed by atoms with E-state index in [0.717, 1.165) is 61.8 Å². The number of benzene rings is 1. The molecule has 0 fully saturated rings. The second-order valence-electron chi connectivity index (χ2n) is 6.12. The van der Waals surface area contributed by atoms with E-state index in [2.05, 4.69) is 25.2 Å². The van der Waals surface area contributed by atoms with Crippen molar-refractivity contribution in [3.05, 3.63) is 53.4 Å². The summed E-state index contributed by atoms with van der Waals surface area (Å²) in [6.45, 7) is 6.59. The minimum atomic E-state index is -0.183. The molecular formula is C19H28FN5. The first-order valence-corrected chi connectivity index (χ1v) is 8.77. The van der Waals surface area contributed by atoms with Crippen molar-refractivity contribution in [2.75, 3.05) is 20.1 Å². The fourth-order valence-corrected chi connectivity index (χ4v) is 2.73. The van der Waals surface area contributed by atoms with Crippen molar-refractivity contribution in [3.8, 4) is 0 Å². The maximum atomic E-state index is 13.1. The monoisotopic (exact) mass is 345 g/mol. The van der Waals surface area contributed by atoms with E-state index in [0.29, 0.717) is 0 Å². The Labute approximate surface area is 149 Å². The fourth-order valence-electron chi connectivity index (χ4n) is 2.73. The molecule has 136 valence electrons. The van der Waals surface area contributed by atoms with Crippen molar-refractivity contribution < 1.29 is 4.39 Å². The lowest BCUT2D eigenvalue weighted by Crippen LogP contribution is -2.38. The summed E-state index contributed by atoms with van der Waals surface area (Å²) in [5.74, 6) is 1.68. The Kier molecular flexibility index (Phi) is 7.44. The second-order valence-corrected chi connectivity index (χ2v) is 6.12. The Hall–Kier alpha value is -2.37. The molecule has 1 heterocycles. The number of hydrogen-bond acceptors (Lipinski definition) is 2. The molecule has 0 spiro atoms. The number of nitrogens with zero attached hydrogens (tertiary/aromatic N) is 3. The van der Waals surface area contributed by atoms with Crippen molar-refractivity contribution in [1.82, 2.24) is 20.2 Å². The van der Waals surface area contributed by atoms with Crippen LogP contribution in [0.25, 0.3) is 0 Å². The van der Waals surface area contributed by atoms with E-state index in [9.17, 15) is 4.39 Å². The lowest BCUT2D eigenvalue weighted by Gasteiger charge is -2.13. The molecule has 25 heavy (non-hydrogen) atoms. The van der Waals surface area contributed by atoms with Gasteiger partial charge in [-0.3, -0.25) is 4.99 Å². The number of halogens is 1. The van der Waals surface area contributed by atoms with Gasteiger partial charge in [0.25, 0.3) is 0 Å². The highest BCUT2D eigenvalue weighted by atomic mass is 19.1. The number of nitrogens with one attached hydrogen (secondary N) is 2. The van der Waals surface area contributed by atoms with E-state index in [1.54, 1.807) is 13.1 Å². The SMILES string of the molecule is CN=C(NCCCCn1ccnc1C)NCCc1ccc(F)cc1C. The number of aliphatic imine (C=N–C) groups is 1. The molecule has 0 aliphatic heterocycles. The van der Waals surface area contributed by atoms with E-state index in [-0.39, 0.29) is 5.82 Å². The number of aromatic nitrogens is 2. The Morgan fingerprint density at radius 3 is 2.68 bits per heavy atom. The lowest BCUT2D eigenvalue weighted by molar-refractivity contribution is 0.588. The van der Waals surface area contributed by atoms with Crippen LogP contribution in [-0.4, -0.2) is 35.6 Å². The van der Waals surface area contributed by atoms with Crippen LogP contribution in [0.1, 0.15) is 29.8 Å². The molecule has 0 unspecified atom stereocenters. The molecule has 1 aromatic carbocycles. The van der Waals surface area contributed by atoms with Gasteiger partial charge in [0.15, 0.2) is 5.96 Å². The molecule has 0 radical (unpaired) electrons. The quantitative estimate of drug-likeness (QED) is 0.439. The van der Waals surface area contributed by atoms with Crippen LogP contribution in [0.4, 0.5) is 4.39 Å². The standard InChI is InChI=1S/C19H28FN5/c1-15-14-18(20)7-6-17(15)8-10-24-19(21-3)23-9-4-5-12-25-13-11-22-16(25)2/h6-7,11,13-14H,4-5,8-10,12H2,1-3H3,(H2,21,23,24). The van der Waals surface area contributed by atoms with Crippen molar-refractivity contribution in [2.24, 2.45) is 4.99 Å². The van der Waals surface area contributed by atoms with E-state index < -0.39 is 0 Å². The predicted molar refractivity (Wildman–Crippen MR) is 100 cm³/mol. The first-order chi connectivity index (χ1) is 12.1. The van der Waals surface area contributed by atoms with E-state index in [4.69, 9.17) is 0 Å².